The number of piperidine rings is 1. The van der Waals surface area contributed by atoms with E-state index in [1.165, 1.54) is 11.1 Å². The lowest BCUT2D eigenvalue weighted by molar-refractivity contribution is 0.00772. The van der Waals surface area contributed by atoms with Crippen molar-refractivity contribution in [3.8, 4) is 5.75 Å². The van der Waals surface area contributed by atoms with Crippen molar-refractivity contribution in [2.45, 2.75) is 70.8 Å². The van der Waals surface area contributed by atoms with Crippen LogP contribution in [0.3, 0.4) is 0 Å². The molecule has 2 aromatic carbocycles. The average molecular weight is 536 g/mol. The highest BCUT2D eigenvalue weighted by molar-refractivity contribution is 5.97. The first kappa shape index (κ1) is 27.5. The summed E-state index contributed by atoms with van der Waals surface area (Å²) in [5.74, 6) is 0.677. The van der Waals surface area contributed by atoms with E-state index in [0.717, 1.165) is 50.1 Å². The van der Waals surface area contributed by atoms with Crippen LogP contribution >= 0.6 is 0 Å². The highest BCUT2D eigenvalue weighted by Crippen LogP contribution is 2.27. The molecule has 1 fully saturated rings. The lowest BCUT2D eigenvalue weighted by Gasteiger charge is -2.35. The summed E-state index contributed by atoms with van der Waals surface area (Å²) in [6, 6.07) is 14.1. The summed E-state index contributed by atoms with van der Waals surface area (Å²) in [7, 11) is 0. The number of rotatable bonds is 6. The van der Waals surface area contributed by atoms with Gasteiger partial charge in [-0.05, 0) is 81.3 Å². The van der Waals surface area contributed by atoms with Crippen LogP contribution in [0.4, 0.5) is 4.79 Å². The molecule has 0 spiro atoms. The van der Waals surface area contributed by atoms with Crippen LogP contribution in [0.25, 0.3) is 0 Å². The van der Waals surface area contributed by atoms with E-state index in [4.69, 9.17) is 9.47 Å². The van der Waals surface area contributed by atoms with Crippen LogP contribution in [0.15, 0.2) is 42.5 Å². The van der Waals surface area contributed by atoms with Crippen molar-refractivity contribution >= 4 is 12.0 Å². The van der Waals surface area contributed by atoms with Crippen molar-refractivity contribution in [3.63, 3.8) is 0 Å². The number of fused-ring (bicyclic) bond motifs is 2. The summed E-state index contributed by atoms with van der Waals surface area (Å²) in [6.45, 7) is 9.97. The number of hydrogen-bond acceptors (Lipinski definition) is 6. The van der Waals surface area contributed by atoms with Crippen LogP contribution in [0, 0.1) is 0 Å². The second-order valence-electron chi connectivity index (χ2n) is 12.0. The molecule has 3 heterocycles. The van der Waals surface area contributed by atoms with Gasteiger partial charge in [-0.2, -0.15) is 0 Å². The molecule has 2 aromatic rings. The number of hydrogen-bond donors (Lipinski definition) is 1. The zero-order valence-corrected chi connectivity index (χ0v) is 23.4. The average Bonchev–Trinajstić information content (AvgIpc) is 2.89. The number of aliphatic hydroxyl groups excluding tert-OH is 1. The molecule has 2 unspecified atom stereocenters. The van der Waals surface area contributed by atoms with Gasteiger partial charge in [0.05, 0.1) is 12.6 Å². The predicted molar refractivity (Wildman–Crippen MR) is 149 cm³/mol. The van der Waals surface area contributed by atoms with Gasteiger partial charge in [0.2, 0.25) is 0 Å². The van der Waals surface area contributed by atoms with Crippen molar-refractivity contribution < 1.29 is 24.2 Å². The molecule has 1 N–H and O–H groups in total. The van der Waals surface area contributed by atoms with E-state index in [1.807, 2.05) is 39.0 Å². The summed E-state index contributed by atoms with van der Waals surface area (Å²) in [5.41, 5.74) is 3.82. The van der Waals surface area contributed by atoms with E-state index in [2.05, 4.69) is 29.2 Å². The van der Waals surface area contributed by atoms with Gasteiger partial charge in [-0.15, -0.1) is 0 Å². The predicted octanol–water partition coefficient (Wildman–Crippen LogP) is 3.88. The van der Waals surface area contributed by atoms with Gasteiger partial charge in [-0.25, -0.2) is 4.79 Å². The standard InChI is InChI=1S/C31H41N3O5/c1-31(2,3)39-30(37)34-14-6-9-27(21-34)38-26-10-11-28-23(17-26)13-16-33(29(28)36)20-25(35)19-32-15-12-22-7-4-5-8-24(22)18-32/h4-5,7-8,10-11,17,25,27,35H,6,9,12-16,18-21H2,1-3H3. The molecule has 8 nitrogen and oxygen atoms in total. The molecular weight excluding hydrogens is 494 g/mol. The zero-order chi connectivity index (χ0) is 27.6. The third kappa shape index (κ3) is 6.92. The van der Waals surface area contributed by atoms with Crippen LogP contribution in [-0.4, -0.2) is 88.9 Å². The molecule has 0 bridgehead atoms. The van der Waals surface area contributed by atoms with Crippen LogP contribution < -0.4 is 4.74 Å². The van der Waals surface area contributed by atoms with Crippen molar-refractivity contribution in [1.82, 2.24) is 14.7 Å². The molecule has 3 aliphatic rings. The van der Waals surface area contributed by atoms with Gasteiger partial charge in [0, 0.05) is 44.8 Å². The summed E-state index contributed by atoms with van der Waals surface area (Å²) in [5, 5.41) is 10.8. The molecule has 0 aliphatic carbocycles. The maximum Gasteiger partial charge on any atom is 0.410 e. The van der Waals surface area contributed by atoms with Gasteiger partial charge in [0.25, 0.3) is 5.91 Å². The van der Waals surface area contributed by atoms with Crippen LogP contribution in [0.5, 0.6) is 5.75 Å². The summed E-state index contributed by atoms with van der Waals surface area (Å²) < 4.78 is 11.8. The van der Waals surface area contributed by atoms with E-state index >= 15 is 0 Å². The van der Waals surface area contributed by atoms with Crippen LogP contribution in [0.1, 0.15) is 60.7 Å². The van der Waals surface area contributed by atoms with E-state index < -0.39 is 11.7 Å². The molecule has 8 heteroatoms. The highest BCUT2D eigenvalue weighted by atomic mass is 16.6. The van der Waals surface area contributed by atoms with Gasteiger partial charge in [0.1, 0.15) is 17.5 Å². The Kier molecular flexibility index (Phi) is 8.14. The molecule has 5 rings (SSSR count). The molecule has 2 amide bonds. The van der Waals surface area contributed by atoms with Crippen molar-refractivity contribution in [2.75, 3.05) is 39.3 Å². The maximum atomic E-state index is 13.2. The number of aliphatic hydroxyl groups is 1. The zero-order valence-electron chi connectivity index (χ0n) is 23.4. The minimum absolute atomic E-state index is 0.0420. The van der Waals surface area contributed by atoms with E-state index in [1.54, 1.807) is 9.80 Å². The Morgan fingerprint density at radius 3 is 2.59 bits per heavy atom. The van der Waals surface area contributed by atoms with Gasteiger partial charge >= 0.3 is 6.09 Å². The van der Waals surface area contributed by atoms with E-state index in [-0.39, 0.29) is 18.1 Å². The Labute approximate surface area is 231 Å². The fourth-order valence-electron chi connectivity index (χ4n) is 5.80. The van der Waals surface area contributed by atoms with Gasteiger partial charge in [-0.3, -0.25) is 9.69 Å². The number of amides is 2. The van der Waals surface area contributed by atoms with E-state index in [9.17, 15) is 14.7 Å². The third-order valence-electron chi connectivity index (χ3n) is 7.69. The maximum absolute atomic E-state index is 13.2. The Morgan fingerprint density at radius 1 is 1.03 bits per heavy atom. The Balaban J connectivity index is 1.14. The Bertz CT molecular complexity index is 1190. The smallest absolute Gasteiger partial charge is 0.410 e. The van der Waals surface area contributed by atoms with Crippen LogP contribution in [0.2, 0.25) is 0 Å². The number of β-amino-alcohol motifs (C(OH)–C–C–N with tert-alkyl or cyclic N) is 1. The number of benzene rings is 2. The number of likely N-dealkylation sites (tertiary alicyclic amines) is 1. The molecule has 1 saturated heterocycles. The second-order valence-corrected chi connectivity index (χ2v) is 12.0. The van der Waals surface area contributed by atoms with Crippen molar-refractivity contribution in [3.05, 3.63) is 64.7 Å². The van der Waals surface area contributed by atoms with Crippen LogP contribution in [-0.2, 0) is 24.1 Å². The Hall–Kier alpha value is -3.10. The number of carbonyl (C=O) groups is 2. The quantitative estimate of drug-likeness (QED) is 0.605. The van der Waals surface area contributed by atoms with Gasteiger partial charge in [0.15, 0.2) is 0 Å². The number of ether oxygens (including phenoxy) is 2. The Morgan fingerprint density at radius 2 is 1.79 bits per heavy atom. The normalized spacial score (nSPS) is 20.7. The first-order valence-electron chi connectivity index (χ1n) is 14.2. The lowest BCUT2D eigenvalue weighted by Crippen LogP contribution is -2.46. The highest BCUT2D eigenvalue weighted by Gasteiger charge is 2.30. The molecule has 2 atom stereocenters. The minimum Gasteiger partial charge on any atom is -0.489 e. The topological polar surface area (TPSA) is 82.5 Å². The van der Waals surface area contributed by atoms with Crippen molar-refractivity contribution in [2.24, 2.45) is 0 Å². The molecule has 39 heavy (non-hydrogen) atoms. The summed E-state index contributed by atoms with van der Waals surface area (Å²) in [4.78, 5) is 31.5. The number of nitrogens with zero attached hydrogens (tertiary/aromatic N) is 3. The second kappa shape index (κ2) is 11.6. The SMILES string of the molecule is CC(C)(C)OC(=O)N1CCCC(Oc2ccc3c(c2)CCN(CC(O)CN2CCc4ccccc4C2)C3=O)C1. The van der Waals surface area contributed by atoms with E-state index in [0.29, 0.717) is 38.3 Å². The molecule has 210 valence electrons. The molecule has 0 radical (unpaired) electrons. The third-order valence-corrected chi connectivity index (χ3v) is 7.69. The fourth-order valence-corrected chi connectivity index (χ4v) is 5.80. The van der Waals surface area contributed by atoms with Gasteiger partial charge in [-0.1, -0.05) is 24.3 Å². The van der Waals surface area contributed by atoms with Gasteiger partial charge < -0.3 is 24.4 Å². The molecule has 3 aliphatic heterocycles. The van der Waals surface area contributed by atoms with Crippen molar-refractivity contribution in [1.29, 1.82) is 0 Å². The fraction of sp³-hybridized carbons (Fsp3) is 0.548. The summed E-state index contributed by atoms with van der Waals surface area (Å²) in [6.07, 6.45) is 2.41. The first-order chi connectivity index (χ1) is 18.6. The molecule has 0 aromatic heterocycles. The summed E-state index contributed by atoms with van der Waals surface area (Å²) >= 11 is 0. The first-order valence-corrected chi connectivity index (χ1v) is 14.2. The largest absolute Gasteiger partial charge is 0.489 e. The minimum atomic E-state index is -0.595. The monoisotopic (exact) mass is 535 g/mol. The lowest BCUT2D eigenvalue weighted by atomic mass is 9.98. The molecule has 0 saturated carbocycles. The molecular formula is C31H41N3O5. The number of carbonyl (C=O) groups excluding carboxylic acids is 2.